The molecule has 0 unspecified atom stereocenters. The minimum absolute atomic E-state index is 0.0550. The molecule has 6 nitrogen and oxygen atoms in total. The van der Waals surface area contributed by atoms with Gasteiger partial charge >= 0.3 is 0 Å². The van der Waals surface area contributed by atoms with E-state index in [0.717, 1.165) is 57.4 Å². The van der Waals surface area contributed by atoms with Gasteiger partial charge in [0.15, 0.2) is 0 Å². The third-order valence-electron chi connectivity index (χ3n) is 7.29. The number of ether oxygens (including phenoxy) is 2. The van der Waals surface area contributed by atoms with Gasteiger partial charge in [0.2, 0.25) is 5.91 Å². The fourth-order valence-electron chi connectivity index (χ4n) is 4.84. The molecule has 5 rings (SSSR count). The van der Waals surface area contributed by atoms with Crippen LogP contribution in [0.5, 0.6) is 11.5 Å². The van der Waals surface area contributed by atoms with Gasteiger partial charge in [-0.1, -0.05) is 6.92 Å². The lowest BCUT2D eigenvalue weighted by Gasteiger charge is -2.28. The van der Waals surface area contributed by atoms with Crippen LogP contribution in [0.15, 0.2) is 54.6 Å². The first kappa shape index (κ1) is 24.8. The average Bonchev–Trinajstić information content (AvgIpc) is 3.49. The number of aryl methyl sites for hydroxylation is 2. The number of halogens is 1. The molecule has 2 N–H and O–H groups in total. The van der Waals surface area contributed by atoms with E-state index in [9.17, 15) is 9.18 Å². The van der Waals surface area contributed by atoms with Gasteiger partial charge in [0.1, 0.15) is 29.1 Å². The zero-order chi connectivity index (χ0) is 26.3. The summed E-state index contributed by atoms with van der Waals surface area (Å²) in [5, 5.41) is 11.6. The number of fused-ring (bicyclic) bond motifs is 1. The molecule has 0 spiro atoms. The van der Waals surface area contributed by atoms with Crippen molar-refractivity contribution in [2.75, 3.05) is 7.11 Å². The van der Waals surface area contributed by atoms with Crippen molar-refractivity contribution < 1.29 is 18.7 Å². The summed E-state index contributed by atoms with van der Waals surface area (Å²) in [4.78, 5) is 12.9. The molecule has 2 atom stereocenters. The number of aromatic nitrogens is 2. The van der Waals surface area contributed by atoms with E-state index in [4.69, 9.17) is 9.47 Å². The number of rotatable bonds is 8. The molecule has 1 saturated carbocycles. The Bertz CT molecular complexity index is 1430. The van der Waals surface area contributed by atoms with Crippen molar-refractivity contribution in [3.8, 4) is 22.8 Å². The van der Waals surface area contributed by atoms with Crippen molar-refractivity contribution in [3.63, 3.8) is 0 Å². The molecule has 1 heterocycles. The van der Waals surface area contributed by atoms with Gasteiger partial charge in [0.05, 0.1) is 18.7 Å². The fraction of sp³-hybridized carbons (Fsp3) is 0.333. The van der Waals surface area contributed by atoms with Gasteiger partial charge in [-0.25, -0.2) is 4.39 Å². The molecule has 0 aliphatic heterocycles. The number of carbonyl (C=O) groups excluding carboxylic acids is 1. The van der Waals surface area contributed by atoms with E-state index in [1.807, 2.05) is 45.9 Å². The molecule has 192 valence electrons. The van der Waals surface area contributed by atoms with Gasteiger partial charge in [0.25, 0.3) is 0 Å². The van der Waals surface area contributed by atoms with E-state index in [2.05, 4.69) is 27.6 Å². The Hall–Kier alpha value is -3.87. The monoisotopic (exact) mass is 501 g/mol. The highest BCUT2D eigenvalue weighted by atomic mass is 19.1. The van der Waals surface area contributed by atoms with E-state index in [1.54, 1.807) is 19.2 Å². The summed E-state index contributed by atoms with van der Waals surface area (Å²) in [7, 11) is 1.67. The maximum absolute atomic E-state index is 13.5. The minimum Gasteiger partial charge on any atom is -0.496 e. The van der Waals surface area contributed by atoms with Crippen molar-refractivity contribution in [2.24, 2.45) is 5.41 Å². The molecule has 3 aromatic carbocycles. The van der Waals surface area contributed by atoms with Crippen LogP contribution in [0.1, 0.15) is 49.5 Å². The number of benzene rings is 3. The quantitative estimate of drug-likeness (QED) is 0.292. The summed E-state index contributed by atoms with van der Waals surface area (Å²) in [5.74, 6) is 1.25. The lowest BCUT2D eigenvalue weighted by molar-refractivity contribution is -0.127. The molecule has 1 amide bonds. The van der Waals surface area contributed by atoms with Crippen LogP contribution < -0.4 is 14.8 Å². The first-order valence-corrected chi connectivity index (χ1v) is 12.6. The number of carbonyl (C=O) groups is 1. The Kier molecular flexibility index (Phi) is 6.40. The number of nitrogens with one attached hydrogen (secondary N) is 2. The predicted molar refractivity (Wildman–Crippen MR) is 142 cm³/mol. The van der Waals surface area contributed by atoms with Crippen LogP contribution in [0.25, 0.3) is 22.2 Å². The number of H-pyrrole nitrogens is 1. The topological polar surface area (TPSA) is 76.2 Å². The second-order valence-corrected chi connectivity index (χ2v) is 10.3. The van der Waals surface area contributed by atoms with Crippen LogP contribution in [0.2, 0.25) is 0 Å². The molecule has 0 bridgehead atoms. The summed E-state index contributed by atoms with van der Waals surface area (Å²) in [6, 6.07) is 15.8. The molecule has 0 saturated heterocycles. The molecule has 1 aliphatic carbocycles. The second kappa shape index (κ2) is 9.54. The third-order valence-corrected chi connectivity index (χ3v) is 7.29. The van der Waals surface area contributed by atoms with Crippen LogP contribution in [-0.4, -0.2) is 29.3 Å². The minimum atomic E-state index is -0.437. The summed E-state index contributed by atoms with van der Waals surface area (Å²) < 4.78 is 25.6. The van der Waals surface area contributed by atoms with Crippen molar-refractivity contribution in [1.82, 2.24) is 15.5 Å². The lowest BCUT2D eigenvalue weighted by atomic mass is 9.97. The molecule has 1 fully saturated rings. The van der Waals surface area contributed by atoms with E-state index in [0.29, 0.717) is 5.75 Å². The summed E-state index contributed by atoms with van der Waals surface area (Å²) in [6.07, 6.45) is 1.37. The SMILES string of the molecule is COc1c(C)cc([C@@H](Oc2ccc3[nH]nc(-c4ccc(F)cc4)c3c2)[C@H](C)NC(=O)C2(C)CC2)cc1C. The van der Waals surface area contributed by atoms with Crippen LogP contribution >= 0.6 is 0 Å². The smallest absolute Gasteiger partial charge is 0.226 e. The van der Waals surface area contributed by atoms with Crippen molar-refractivity contribution in [1.29, 1.82) is 0 Å². The van der Waals surface area contributed by atoms with Crippen molar-refractivity contribution in [3.05, 3.63) is 77.1 Å². The van der Waals surface area contributed by atoms with Gasteiger partial charge in [0, 0.05) is 16.4 Å². The fourth-order valence-corrected chi connectivity index (χ4v) is 4.84. The first-order chi connectivity index (χ1) is 17.7. The lowest BCUT2D eigenvalue weighted by Crippen LogP contribution is -2.42. The molecular weight excluding hydrogens is 469 g/mol. The third kappa shape index (κ3) is 4.90. The normalized spacial score (nSPS) is 15.7. The maximum atomic E-state index is 13.5. The van der Waals surface area contributed by atoms with E-state index < -0.39 is 6.10 Å². The van der Waals surface area contributed by atoms with Crippen molar-refractivity contribution in [2.45, 2.75) is 52.7 Å². The molecule has 1 aromatic heterocycles. The number of nitrogens with zero attached hydrogens (tertiary/aromatic N) is 1. The zero-order valence-corrected chi connectivity index (χ0v) is 21.8. The Morgan fingerprint density at radius 1 is 1.08 bits per heavy atom. The average molecular weight is 502 g/mol. The van der Waals surface area contributed by atoms with Gasteiger partial charge < -0.3 is 14.8 Å². The predicted octanol–water partition coefficient (Wildman–Crippen LogP) is 6.42. The summed E-state index contributed by atoms with van der Waals surface area (Å²) in [6.45, 7) is 7.99. The van der Waals surface area contributed by atoms with Crippen LogP contribution in [-0.2, 0) is 4.79 Å². The number of methoxy groups -OCH3 is 1. The van der Waals surface area contributed by atoms with Crippen LogP contribution in [0, 0.1) is 25.1 Å². The highest BCUT2D eigenvalue weighted by Gasteiger charge is 2.45. The van der Waals surface area contributed by atoms with E-state index in [1.165, 1.54) is 12.1 Å². The summed E-state index contributed by atoms with van der Waals surface area (Å²) >= 11 is 0. The van der Waals surface area contributed by atoms with Gasteiger partial charge in [-0.2, -0.15) is 5.10 Å². The molecule has 0 radical (unpaired) electrons. The Balaban J connectivity index is 1.51. The maximum Gasteiger partial charge on any atom is 0.226 e. The second-order valence-electron chi connectivity index (χ2n) is 10.3. The van der Waals surface area contributed by atoms with E-state index >= 15 is 0 Å². The van der Waals surface area contributed by atoms with Gasteiger partial charge in [-0.3, -0.25) is 9.89 Å². The molecule has 7 heteroatoms. The molecular formula is C30H32FN3O3. The molecule has 37 heavy (non-hydrogen) atoms. The molecule has 1 aliphatic rings. The Morgan fingerprint density at radius 2 is 1.76 bits per heavy atom. The zero-order valence-electron chi connectivity index (χ0n) is 21.8. The standard InChI is InChI=1S/C30H32FN3O3/c1-17-14-21(15-18(2)27(17)36-5)28(19(3)32-29(35)30(4)12-13-30)37-23-10-11-25-24(16-23)26(34-33-25)20-6-8-22(31)9-7-20/h6-11,14-16,19,28H,12-13H2,1-5H3,(H,32,35)(H,33,34)/t19-,28-/m0/s1. The summed E-state index contributed by atoms with van der Waals surface area (Å²) in [5.41, 5.74) is 5.05. The van der Waals surface area contributed by atoms with Gasteiger partial charge in [-0.15, -0.1) is 0 Å². The number of hydrogen-bond donors (Lipinski definition) is 2. The highest BCUT2D eigenvalue weighted by Crippen LogP contribution is 2.45. The number of amides is 1. The molecule has 4 aromatic rings. The Labute approximate surface area is 216 Å². The van der Waals surface area contributed by atoms with Gasteiger partial charge in [-0.05, 0) is 105 Å². The first-order valence-electron chi connectivity index (χ1n) is 12.6. The largest absolute Gasteiger partial charge is 0.496 e. The van der Waals surface area contributed by atoms with Crippen LogP contribution in [0.3, 0.4) is 0 Å². The number of aromatic amines is 1. The number of hydrogen-bond acceptors (Lipinski definition) is 4. The van der Waals surface area contributed by atoms with E-state index in [-0.39, 0.29) is 23.2 Å². The Morgan fingerprint density at radius 3 is 2.38 bits per heavy atom. The van der Waals surface area contributed by atoms with Crippen molar-refractivity contribution >= 4 is 16.8 Å². The van der Waals surface area contributed by atoms with Crippen LogP contribution in [0.4, 0.5) is 4.39 Å². The highest BCUT2D eigenvalue weighted by molar-refractivity contribution is 5.93.